The smallest absolute Gasteiger partial charge is 0.0348 e. The second-order valence-corrected chi connectivity index (χ2v) is 6.35. The third kappa shape index (κ3) is 3.56. The van der Waals surface area contributed by atoms with Gasteiger partial charge in [-0.05, 0) is 56.0 Å². The van der Waals surface area contributed by atoms with Gasteiger partial charge in [0.05, 0.1) is 0 Å². The third-order valence-electron chi connectivity index (χ3n) is 3.59. The Labute approximate surface area is 113 Å². The Balaban J connectivity index is 2.04. The molecule has 1 saturated heterocycles. The van der Waals surface area contributed by atoms with Crippen LogP contribution in [-0.2, 0) is 0 Å². The van der Waals surface area contributed by atoms with Gasteiger partial charge < -0.3 is 0 Å². The number of benzene rings is 1. The molecule has 1 aromatic carbocycles. The Kier molecular flexibility index (Phi) is 4.63. The SMILES string of the molecule is CC(C)CCN1CCCC1c1cccc(Br)c1. The molecule has 1 aromatic rings. The first-order valence-electron chi connectivity index (χ1n) is 6.66. The standard InChI is InChI=1S/C15H22BrN/c1-12(2)8-10-17-9-4-7-15(17)13-5-3-6-14(16)11-13/h3,5-6,11-12,15H,4,7-10H2,1-2H3. The molecule has 0 aliphatic carbocycles. The van der Waals surface area contributed by atoms with Gasteiger partial charge in [-0.25, -0.2) is 0 Å². The van der Waals surface area contributed by atoms with Crippen LogP contribution in [0, 0.1) is 5.92 Å². The summed E-state index contributed by atoms with van der Waals surface area (Å²) in [6, 6.07) is 9.45. The van der Waals surface area contributed by atoms with Crippen LogP contribution >= 0.6 is 15.9 Å². The first-order chi connectivity index (χ1) is 8.16. The topological polar surface area (TPSA) is 3.24 Å². The largest absolute Gasteiger partial charge is 0.296 e. The summed E-state index contributed by atoms with van der Waals surface area (Å²) in [6.45, 7) is 7.13. The Bertz CT molecular complexity index is 362. The second-order valence-electron chi connectivity index (χ2n) is 5.43. The van der Waals surface area contributed by atoms with Gasteiger partial charge in [-0.1, -0.05) is 41.9 Å². The minimum atomic E-state index is 0.645. The summed E-state index contributed by atoms with van der Waals surface area (Å²) in [7, 11) is 0. The molecule has 0 bridgehead atoms. The van der Waals surface area contributed by atoms with Crippen LogP contribution in [0.5, 0.6) is 0 Å². The van der Waals surface area contributed by atoms with E-state index in [4.69, 9.17) is 0 Å². The van der Waals surface area contributed by atoms with Crippen molar-refractivity contribution < 1.29 is 0 Å². The molecule has 17 heavy (non-hydrogen) atoms. The van der Waals surface area contributed by atoms with Crippen molar-refractivity contribution in [3.63, 3.8) is 0 Å². The maximum atomic E-state index is 3.57. The van der Waals surface area contributed by atoms with Gasteiger partial charge in [0, 0.05) is 10.5 Å². The predicted octanol–water partition coefficient (Wildman–Crippen LogP) is 4.63. The summed E-state index contributed by atoms with van der Waals surface area (Å²) < 4.78 is 1.20. The molecule has 0 amide bonds. The quantitative estimate of drug-likeness (QED) is 0.783. The van der Waals surface area contributed by atoms with Gasteiger partial charge in [0.1, 0.15) is 0 Å². The summed E-state index contributed by atoms with van der Waals surface area (Å²) in [5.41, 5.74) is 1.47. The van der Waals surface area contributed by atoms with Crippen LogP contribution in [0.4, 0.5) is 0 Å². The Morgan fingerprint density at radius 1 is 1.41 bits per heavy atom. The van der Waals surface area contributed by atoms with E-state index in [-0.39, 0.29) is 0 Å². The first-order valence-corrected chi connectivity index (χ1v) is 7.45. The maximum absolute atomic E-state index is 3.57. The van der Waals surface area contributed by atoms with Crippen molar-refractivity contribution >= 4 is 15.9 Å². The first kappa shape index (κ1) is 13.1. The molecule has 1 nitrogen and oxygen atoms in total. The number of nitrogens with zero attached hydrogens (tertiary/aromatic N) is 1. The van der Waals surface area contributed by atoms with E-state index in [2.05, 4.69) is 58.9 Å². The van der Waals surface area contributed by atoms with E-state index in [0.717, 1.165) is 5.92 Å². The molecule has 2 rings (SSSR count). The molecule has 1 aliphatic rings. The fourth-order valence-electron chi connectivity index (χ4n) is 2.61. The van der Waals surface area contributed by atoms with Gasteiger partial charge >= 0.3 is 0 Å². The molecule has 0 saturated carbocycles. The average molecular weight is 296 g/mol. The lowest BCUT2D eigenvalue weighted by atomic mass is 10.0. The van der Waals surface area contributed by atoms with Crippen LogP contribution in [0.15, 0.2) is 28.7 Å². The molecule has 0 radical (unpaired) electrons. The fraction of sp³-hybridized carbons (Fsp3) is 0.600. The Hall–Kier alpha value is -0.340. The van der Waals surface area contributed by atoms with Gasteiger partial charge in [-0.3, -0.25) is 4.90 Å². The lowest BCUT2D eigenvalue weighted by molar-refractivity contribution is 0.242. The molecule has 0 N–H and O–H groups in total. The molecule has 1 aliphatic heterocycles. The maximum Gasteiger partial charge on any atom is 0.0348 e. The molecule has 1 fully saturated rings. The van der Waals surface area contributed by atoms with E-state index in [1.165, 1.54) is 42.4 Å². The fourth-order valence-corrected chi connectivity index (χ4v) is 3.03. The number of rotatable bonds is 4. The van der Waals surface area contributed by atoms with E-state index >= 15 is 0 Å². The van der Waals surface area contributed by atoms with Gasteiger partial charge in [-0.15, -0.1) is 0 Å². The van der Waals surface area contributed by atoms with Crippen LogP contribution in [0.3, 0.4) is 0 Å². The Morgan fingerprint density at radius 3 is 2.94 bits per heavy atom. The van der Waals surface area contributed by atoms with Gasteiger partial charge in [0.25, 0.3) is 0 Å². The molecular weight excluding hydrogens is 274 g/mol. The van der Waals surface area contributed by atoms with E-state index in [0.29, 0.717) is 6.04 Å². The van der Waals surface area contributed by atoms with Crippen molar-refractivity contribution in [1.29, 1.82) is 0 Å². The molecule has 1 atom stereocenters. The van der Waals surface area contributed by atoms with Crippen LogP contribution in [-0.4, -0.2) is 18.0 Å². The summed E-state index contributed by atoms with van der Waals surface area (Å²) in [5.74, 6) is 0.804. The van der Waals surface area contributed by atoms with E-state index < -0.39 is 0 Å². The van der Waals surface area contributed by atoms with Crippen LogP contribution in [0.1, 0.15) is 44.7 Å². The molecule has 94 valence electrons. The lowest BCUT2D eigenvalue weighted by Gasteiger charge is -2.25. The normalized spacial score (nSPS) is 21.3. The monoisotopic (exact) mass is 295 g/mol. The molecule has 1 heterocycles. The number of likely N-dealkylation sites (tertiary alicyclic amines) is 1. The summed E-state index contributed by atoms with van der Waals surface area (Å²) in [6.07, 6.45) is 3.97. The van der Waals surface area contributed by atoms with Gasteiger partial charge in [0.15, 0.2) is 0 Å². The van der Waals surface area contributed by atoms with Crippen molar-refractivity contribution in [3.05, 3.63) is 34.3 Å². The van der Waals surface area contributed by atoms with Crippen LogP contribution in [0.2, 0.25) is 0 Å². The zero-order valence-electron chi connectivity index (χ0n) is 10.8. The molecular formula is C15H22BrN. The zero-order chi connectivity index (χ0) is 12.3. The minimum Gasteiger partial charge on any atom is -0.296 e. The van der Waals surface area contributed by atoms with Crippen molar-refractivity contribution in [2.45, 2.75) is 39.2 Å². The highest BCUT2D eigenvalue weighted by atomic mass is 79.9. The summed E-state index contributed by atoms with van der Waals surface area (Å²) >= 11 is 3.57. The van der Waals surface area contributed by atoms with Crippen LogP contribution < -0.4 is 0 Å². The van der Waals surface area contributed by atoms with Crippen molar-refractivity contribution in [3.8, 4) is 0 Å². The molecule has 2 heteroatoms. The molecule has 1 unspecified atom stereocenters. The average Bonchev–Trinajstić information content (AvgIpc) is 2.74. The van der Waals surface area contributed by atoms with E-state index in [9.17, 15) is 0 Å². The molecule has 0 aromatic heterocycles. The Morgan fingerprint density at radius 2 is 2.24 bits per heavy atom. The number of hydrogen-bond donors (Lipinski definition) is 0. The lowest BCUT2D eigenvalue weighted by Crippen LogP contribution is -2.25. The second kappa shape index (κ2) is 6.01. The van der Waals surface area contributed by atoms with Crippen LogP contribution in [0.25, 0.3) is 0 Å². The predicted molar refractivity (Wildman–Crippen MR) is 77.1 cm³/mol. The van der Waals surface area contributed by atoms with Crippen molar-refractivity contribution in [2.75, 3.05) is 13.1 Å². The summed E-state index contributed by atoms with van der Waals surface area (Å²) in [4.78, 5) is 2.65. The number of halogens is 1. The van der Waals surface area contributed by atoms with Gasteiger partial charge in [0.2, 0.25) is 0 Å². The highest BCUT2D eigenvalue weighted by Gasteiger charge is 2.25. The van der Waals surface area contributed by atoms with Gasteiger partial charge in [-0.2, -0.15) is 0 Å². The third-order valence-corrected chi connectivity index (χ3v) is 4.08. The molecule has 0 spiro atoms. The number of hydrogen-bond acceptors (Lipinski definition) is 1. The zero-order valence-corrected chi connectivity index (χ0v) is 12.4. The van der Waals surface area contributed by atoms with E-state index in [1.54, 1.807) is 0 Å². The highest BCUT2D eigenvalue weighted by molar-refractivity contribution is 9.10. The minimum absolute atomic E-state index is 0.645. The van der Waals surface area contributed by atoms with Crippen molar-refractivity contribution in [2.24, 2.45) is 5.92 Å². The van der Waals surface area contributed by atoms with E-state index in [1.807, 2.05) is 0 Å². The van der Waals surface area contributed by atoms with Crippen molar-refractivity contribution in [1.82, 2.24) is 4.90 Å². The summed E-state index contributed by atoms with van der Waals surface area (Å²) in [5, 5.41) is 0. The highest BCUT2D eigenvalue weighted by Crippen LogP contribution is 2.33.